The van der Waals surface area contributed by atoms with Crippen LogP contribution in [0.5, 0.6) is 0 Å². The molecule has 2 aromatic carbocycles. The van der Waals surface area contributed by atoms with Crippen LogP contribution in [0.25, 0.3) is 33.7 Å². The fourth-order valence-electron chi connectivity index (χ4n) is 4.18. The van der Waals surface area contributed by atoms with Gasteiger partial charge in [-0.05, 0) is 66.2 Å². The summed E-state index contributed by atoms with van der Waals surface area (Å²) in [5.74, 6) is -0.743. The maximum Gasteiger partial charge on any atom is 0.322 e. The van der Waals surface area contributed by atoms with Gasteiger partial charge >= 0.3 is 6.03 Å². The van der Waals surface area contributed by atoms with Crippen LogP contribution in [0.4, 0.5) is 19.3 Å². The summed E-state index contributed by atoms with van der Waals surface area (Å²) in [5.41, 5.74) is 5.43. The third-order valence-corrected chi connectivity index (χ3v) is 5.98. The van der Waals surface area contributed by atoms with Crippen LogP contribution in [0, 0.1) is 11.6 Å². The minimum atomic E-state index is -0.373. The normalized spacial score (nSPS) is 12.6. The van der Waals surface area contributed by atoms with Crippen molar-refractivity contribution >= 4 is 22.9 Å². The van der Waals surface area contributed by atoms with E-state index >= 15 is 0 Å². The number of nitrogens with zero attached hydrogens (tertiary/aromatic N) is 5. The summed E-state index contributed by atoms with van der Waals surface area (Å²) in [4.78, 5) is 32.7. The molecule has 1 N–H and O–H groups in total. The van der Waals surface area contributed by atoms with E-state index in [1.165, 1.54) is 30.5 Å². The lowest BCUT2D eigenvalue weighted by atomic mass is 10.0. The number of aromatic nitrogens is 4. The minimum absolute atomic E-state index is 0.274. The molecule has 0 fully saturated rings. The zero-order valence-electron chi connectivity index (χ0n) is 18.8. The Morgan fingerprint density at radius 3 is 2.17 bits per heavy atom. The van der Waals surface area contributed by atoms with Crippen LogP contribution in [-0.2, 0) is 13.1 Å². The second-order valence-corrected chi connectivity index (χ2v) is 8.40. The van der Waals surface area contributed by atoms with Crippen LogP contribution < -0.4 is 5.32 Å². The van der Waals surface area contributed by atoms with E-state index in [0.29, 0.717) is 52.5 Å². The van der Waals surface area contributed by atoms with Gasteiger partial charge in [-0.3, -0.25) is 4.98 Å². The molecule has 5 aromatic rings. The molecule has 0 saturated carbocycles. The van der Waals surface area contributed by atoms with E-state index in [-0.39, 0.29) is 17.7 Å². The number of anilines is 1. The van der Waals surface area contributed by atoms with Crippen LogP contribution in [-0.4, -0.2) is 30.9 Å². The number of nitrogens with one attached hydrogen (secondary N) is 1. The van der Waals surface area contributed by atoms with Crippen LogP contribution in [0.2, 0.25) is 0 Å². The van der Waals surface area contributed by atoms with Crippen molar-refractivity contribution in [3.05, 3.63) is 102 Å². The molecular weight excluding hydrogens is 462 g/mol. The average molecular weight is 480 g/mol. The summed E-state index contributed by atoms with van der Waals surface area (Å²) < 4.78 is 27.1. The van der Waals surface area contributed by atoms with Gasteiger partial charge in [0.05, 0.1) is 35.5 Å². The Morgan fingerprint density at radius 1 is 0.833 bits per heavy atom. The fourth-order valence-corrected chi connectivity index (χ4v) is 4.18. The summed E-state index contributed by atoms with van der Waals surface area (Å²) in [6.07, 6.45) is 3.23. The van der Waals surface area contributed by atoms with Gasteiger partial charge in [-0.15, -0.1) is 0 Å². The van der Waals surface area contributed by atoms with Gasteiger partial charge in [0.25, 0.3) is 0 Å². The third-order valence-electron chi connectivity index (χ3n) is 5.98. The summed E-state index contributed by atoms with van der Waals surface area (Å²) in [6.45, 7) is 0.907. The molecule has 3 aromatic heterocycles. The van der Waals surface area contributed by atoms with Crippen molar-refractivity contribution in [3.8, 4) is 22.5 Å². The topological polar surface area (TPSA) is 83.9 Å². The quantitative estimate of drug-likeness (QED) is 0.365. The molecule has 2 amide bonds. The lowest BCUT2D eigenvalue weighted by molar-refractivity contribution is 0.212. The van der Waals surface area contributed by atoms with E-state index in [1.807, 2.05) is 12.1 Å². The van der Waals surface area contributed by atoms with Crippen molar-refractivity contribution in [2.75, 3.05) is 5.32 Å². The summed E-state index contributed by atoms with van der Waals surface area (Å²) in [7, 11) is 0. The predicted octanol–water partition coefficient (Wildman–Crippen LogP) is 5.58. The molecule has 36 heavy (non-hydrogen) atoms. The van der Waals surface area contributed by atoms with Gasteiger partial charge in [0.1, 0.15) is 17.2 Å². The van der Waals surface area contributed by atoms with Gasteiger partial charge in [0.15, 0.2) is 5.65 Å². The van der Waals surface area contributed by atoms with Crippen LogP contribution in [0.3, 0.4) is 0 Å². The summed E-state index contributed by atoms with van der Waals surface area (Å²) >= 11 is 0. The maximum absolute atomic E-state index is 13.6. The highest BCUT2D eigenvalue weighted by molar-refractivity contribution is 5.92. The Kier molecular flexibility index (Phi) is 5.29. The molecule has 4 heterocycles. The second-order valence-electron chi connectivity index (χ2n) is 8.40. The first kappa shape index (κ1) is 21.7. The molecule has 1 aliphatic heterocycles. The Balaban J connectivity index is 1.36. The molecule has 0 unspecified atom stereocenters. The van der Waals surface area contributed by atoms with Crippen LogP contribution >= 0.6 is 0 Å². The van der Waals surface area contributed by atoms with E-state index in [2.05, 4.69) is 20.3 Å². The number of rotatable bonds is 3. The number of hydrogen-bond acceptors (Lipinski definition) is 5. The van der Waals surface area contributed by atoms with Crippen LogP contribution in [0.15, 0.2) is 79.1 Å². The molecule has 0 atom stereocenters. The van der Waals surface area contributed by atoms with E-state index in [1.54, 1.807) is 41.4 Å². The monoisotopic (exact) mass is 480 g/mol. The van der Waals surface area contributed by atoms with Gasteiger partial charge in [0, 0.05) is 23.9 Å². The molecule has 0 radical (unpaired) electrons. The number of hydrogen-bond donors (Lipinski definition) is 1. The molecule has 1 aliphatic rings. The van der Waals surface area contributed by atoms with Gasteiger partial charge in [-0.2, -0.15) is 0 Å². The average Bonchev–Trinajstić information content (AvgIpc) is 3.34. The second kappa shape index (κ2) is 8.77. The smallest absolute Gasteiger partial charge is 0.314 e. The number of carbonyl (C=O) groups excluding carboxylic acids is 1. The molecule has 7 nitrogen and oxygen atoms in total. The lowest BCUT2D eigenvalue weighted by Gasteiger charge is -2.16. The van der Waals surface area contributed by atoms with Gasteiger partial charge < -0.3 is 10.2 Å². The number of fused-ring (bicyclic) bond motifs is 2. The van der Waals surface area contributed by atoms with Crippen molar-refractivity contribution < 1.29 is 13.6 Å². The third kappa shape index (κ3) is 4.11. The fraction of sp³-hybridized carbons (Fsp3) is 0.0741. The molecule has 6 rings (SSSR count). The first-order valence-electron chi connectivity index (χ1n) is 11.2. The highest BCUT2D eigenvalue weighted by Gasteiger charge is 2.24. The largest absolute Gasteiger partial charge is 0.322 e. The Bertz CT molecular complexity index is 1580. The number of urea groups is 1. The molecular formula is C27H18F2N6O. The molecule has 0 bridgehead atoms. The van der Waals surface area contributed by atoms with E-state index in [9.17, 15) is 13.6 Å². The summed E-state index contributed by atoms with van der Waals surface area (Å²) in [6, 6.07) is 17.0. The standard InChI is InChI=1S/C27H18F2N6O/c28-19-7-3-16(4-8-19)24-25(17-5-9-20(29)10-6-17)34-26-22(33-24)12-21(13-31-26)32-27(36)35-14-18-2-1-11-30-23(18)15-35/h1-13H,14-15H2,(H,32,36). The Labute approximate surface area is 204 Å². The zero-order valence-corrected chi connectivity index (χ0v) is 18.8. The van der Waals surface area contributed by atoms with E-state index < -0.39 is 0 Å². The summed E-state index contributed by atoms with van der Waals surface area (Å²) in [5, 5.41) is 2.87. The van der Waals surface area contributed by atoms with Crippen molar-refractivity contribution in [2.24, 2.45) is 0 Å². The SMILES string of the molecule is O=C(Nc1cnc2nc(-c3ccc(F)cc3)c(-c3ccc(F)cc3)nc2c1)N1Cc2cccnc2C1. The highest BCUT2D eigenvalue weighted by atomic mass is 19.1. The number of amides is 2. The van der Waals surface area contributed by atoms with Gasteiger partial charge in [-0.1, -0.05) is 6.07 Å². The number of pyridine rings is 2. The molecule has 0 saturated heterocycles. The zero-order chi connectivity index (χ0) is 24.6. The molecule has 9 heteroatoms. The first-order chi connectivity index (χ1) is 17.5. The van der Waals surface area contributed by atoms with Crippen molar-refractivity contribution in [3.63, 3.8) is 0 Å². The van der Waals surface area contributed by atoms with E-state index in [4.69, 9.17) is 4.98 Å². The van der Waals surface area contributed by atoms with Gasteiger partial charge in [0.2, 0.25) is 0 Å². The minimum Gasteiger partial charge on any atom is -0.314 e. The number of carbonyl (C=O) groups is 1. The first-order valence-corrected chi connectivity index (χ1v) is 11.2. The lowest BCUT2D eigenvalue weighted by Crippen LogP contribution is -2.30. The molecule has 0 aliphatic carbocycles. The number of halogens is 2. The van der Waals surface area contributed by atoms with Crippen LogP contribution in [0.1, 0.15) is 11.3 Å². The highest BCUT2D eigenvalue weighted by Crippen LogP contribution is 2.31. The van der Waals surface area contributed by atoms with E-state index in [0.717, 1.165) is 11.3 Å². The Morgan fingerprint density at radius 2 is 1.50 bits per heavy atom. The maximum atomic E-state index is 13.6. The molecule has 176 valence electrons. The number of benzene rings is 2. The molecule has 0 spiro atoms. The van der Waals surface area contributed by atoms with Gasteiger partial charge in [-0.25, -0.2) is 28.5 Å². The van der Waals surface area contributed by atoms with Crippen molar-refractivity contribution in [1.29, 1.82) is 0 Å². The van der Waals surface area contributed by atoms with Crippen molar-refractivity contribution in [1.82, 2.24) is 24.8 Å². The Hall–Kier alpha value is -4.79. The van der Waals surface area contributed by atoms with Crippen molar-refractivity contribution in [2.45, 2.75) is 13.1 Å². The predicted molar refractivity (Wildman–Crippen MR) is 131 cm³/mol.